The zero-order chi connectivity index (χ0) is 21.4. The molecule has 2 heterocycles. The summed E-state index contributed by atoms with van der Waals surface area (Å²) in [5.74, 6) is 0.134. The standard InChI is InChI=1S/C25H24O5/c1-14(2)5-4-6-15(3)7-8-16-11-19-22(13-20(16)27)30-25(28)23-18-10-9-17(26)12-21(18)29-24(19)23/h5,7,9-13,26-27H,4,6,8H2,1-3H3. The van der Waals surface area contributed by atoms with Crippen LogP contribution in [0.1, 0.15) is 39.2 Å². The summed E-state index contributed by atoms with van der Waals surface area (Å²) in [7, 11) is 0. The van der Waals surface area contributed by atoms with E-state index in [2.05, 4.69) is 32.9 Å². The highest BCUT2D eigenvalue weighted by Gasteiger charge is 2.18. The van der Waals surface area contributed by atoms with Gasteiger partial charge in [0.05, 0.1) is 5.39 Å². The maximum Gasteiger partial charge on any atom is 0.348 e. The van der Waals surface area contributed by atoms with Gasteiger partial charge < -0.3 is 19.0 Å². The molecule has 154 valence electrons. The summed E-state index contributed by atoms with van der Waals surface area (Å²) in [6.07, 6.45) is 6.83. The molecule has 2 aromatic heterocycles. The van der Waals surface area contributed by atoms with Gasteiger partial charge in [-0.05, 0) is 63.8 Å². The van der Waals surface area contributed by atoms with Gasteiger partial charge in [-0.25, -0.2) is 4.79 Å². The normalized spacial score (nSPS) is 12.2. The number of furan rings is 1. The lowest BCUT2D eigenvalue weighted by atomic mass is 10.0. The van der Waals surface area contributed by atoms with Crippen molar-refractivity contribution in [2.45, 2.75) is 40.0 Å². The molecule has 5 heteroatoms. The van der Waals surface area contributed by atoms with Crippen LogP contribution in [0.25, 0.3) is 32.9 Å². The Morgan fingerprint density at radius 1 is 0.967 bits per heavy atom. The third-order valence-corrected chi connectivity index (χ3v) is 5.27. The molecule has 2 N–H and O–H groups in total. The monoisotopic (exact) mass is 404 g/mol. The maximum absolute atomic E-state index is 12.5. The Hall–Kier alpha value is -3.47. The molecule has 0 atom stereocenters. The van der Waals surface area contributed by atoms with Crippen LogP contribution in [0.2, 0.25) is 0 Å². The van der Waals surface area contributed by atoms with Crippen LogP contribution in [0.4, 0.5) is 0 Å². The van der Waals surface area contributed by atoms with Gasteiger partial charge in [-0.3, -0.25) is 0 Å². The van der Waals surface area contributed by atoms with Crippen LogP contribution in [0.15, 0.2) is 67.3 Å². The van der Waals surface area contributed by atoms with Crippen molar-refractivity contribution in [2.24, 2.45) is 0 Å². The zero-order valence-electron chi connectivity index (χ0n) is 17.3. The van der Waals surface area contributed by atoms with Crippen molar-refractivity contribution in [1.29, 1.82) is 0 Å². The Balaban J connectivity index is 1.79. The molecule has 4 rings (SSSR count). The summed E-state index contributed by atoms with van der Waals surface area (Å²) in [5.41, 5.74) is 3.81. The second-order valence-corrected chi connectivity index (χ2v) is 7.93. The highest BCUT2D eigenvalue weighted by molar-refractivity contribution is 6.13. The largest absolute Gasteiger partial charge is 0.508 e. The minimum atomic E-state index is -0.538. The number of phenols is 2. The zero-order valence-corrected chi connectivity index (χ0v) is 17.3. The smallest absolute Gasteiger partial charge is 0.348 e. The Morgan fingerprint density at radius 2 is 1.73 bits per heavy atom. The van der Waals surface area contributed by atoms with Gasteiger partial charge in [0.1, 0.15) is 28.1 Å². The van der Waals surface area contributed by atoms with Gasteiger partial charge in [0.25, 0.3) is 0 Å². The van der Waals surface area contributed by atoms with Crippen molar-refractivity contribution in [3.63, 3.8) is 0 Å². The van der Waals surface area contributed by atoms with Crippen molar-refractivity contribution >= 4 is 32.9 Å². The van der Waals surface area contributed by atoms with E-state index in [1.54, 1.807) is 12.1 Å². The molecule has 4 aromatic rings. The fraction of sp³-hybridized carbons (Fsp3) is 0.240. The third-order valence-electron chi connectivity index (χ3n) is 5.27. The van der Waals surface area contributed by atoms with E-state index < -0.39 is 5.63 Å². The summed E-state index contributed by atoms with van der Waals surface area (Å²) in [5, 5.41) is 21.7. The van der Waals surface area contributed by atoms with Crippen molar-refractivity contribution in [3.05, 3.63) is 69.6 Å². The predicted molar refractivity (Wildman–Crippen MR) is 119 cm³/mol. The fourth-order valence-electron chi connectivity index (χ4n) is 3.64. The third kappa shape index (κ3) is 3.71. The molecule has 2 aromatic carbocycles. The molecule has 0 spiro atoms. The number of phenolic OH excluding ortho intramolecular Hbond substituents is 2. The molecule has 0 saturated heterocycles. The first-order chi connectivity index (χ1) is 14.3. The van der Waals surface area contributed by atoms with E-state index in [1.807, 2.05) is 0 Å². The topological polar surface area (TPSA) is 83.8 Å². The SMILES string of the molecule is CC(C)=CCCC(C)=CCc1cc2c(cc1O)oc(=O)c1c3ccc(O)cc3oc21. The molecule has 0 saturated carbocycles. The quantitative estimate of drug-likeness (QED) is 0.299. The van der Waals surface area contributed by atoms with Crippen LogP contribution in [0.3, 0.4) is 0 Å². The van der Waals surface area contributed by atoms with E-state index in [9.17, 15) is 15.0 Å². The number of benzene rings is 2. The van der Waals surface area contributed by atoms with Gasteiger partial charge in [0.15, 0.2) is 5.58 Å². The van der Waals surface area contributed by atoms with E-state index in [-0.39, 0.29) is 17.1 Å². The van der Waals surface area contributed by atoms with E-state index in [0.717, 1.165) is 18.4 Å². The van der Waals surface area contributed by atoms with E-state index in [1.165, 1.54) is 29.3 Å². The molecule has 0 aliphatic heterocycles. The number of allylic oxidation sites excluding steroid dienone is 4. The second-order valence-electron chi connectivity index (χ2n) is 7.93. The lowest BCUT2D eigenvalue weighted by Gasteiger charge is -2.06. The van der Waals surface area contributed by atoms with Gasteiger partial charge in [0, 0.05) is 17.5 Å². The highest BCUT2D eigenvalue weighted by atomic mass is 16.4. The van der Waals surface area contributed by atoms with Gasteiger partial charge in [0.2, 0.25) is 0 Å². The van der Waals surface area contributed by atoms with Gasteiger partial charge in [-0.2, -0.15) is 0 Å². The van der Waals surface area contributed by atoms with Crippen molar-refractivity contribution in [3.8, 4) is 11.5 Å². The van der Waals surface area contributed by atoms with E-state index in [0.29, 0.717) is 33.7 Å². The Bertz CT molecular complexity index is 1380. The lowest BCUT2D eigenvalue weighted by molar-refractivity contribution is 0.468. The van der Waals surface area contributed by atoms with E-state index >= 15 is 0 Å². The molecule has 0 amide bonds. The summed E-state index contributed by atoms with van der Waals surface area (Å²) in [6.45, 7) is 6.26. The summed E-state index contributed by atoms with van der Waals surface area (Å²) >= 11 is 0. The summed E-state index contributed by atoms with van der Waals surface area (Å²) in [6, 6.07) is 7.88. The van der Waals surface area contributed by atoms with E-state index in [4.69, 9.17) is 8.83 Å². The summed E-state index contributed by atoms with van der Waals surface area (Å²) < 4.78 is 11.3. The van der Waals surface area contributed by atoms with Crippen LogP contribution < -0.4 is 5.63 Å². The first-order valence-corrected chi connectivity index (χ1v) is 9.96. The van der Waals surface area contributed by atoms with Crippen LogP contribution in [0.5, 0.6) is 11.5 Å². The lowest BCUT2D eigenvalue weighted by Crippen LogP contribution is -1.98. The molecular weight excluding hydrogens is 380 g/mol. The highest BCUT2D eigenvalue weighted by Crippen LogP contribution is 2.35. The molecule has 0 bridgehead atoms. The molecule has 0 fully saturated rings. The number of fused-ring (bicyclic) bond motifs is 5. The average molecular weight is 404 g/mol. The first kappa shape index (κ1) is 19.8. The molecular formula is C25H24O5. The predicted octanol–water partition coefficient (Wildman–Crippen LogP) is 6.34. The van der Waals surface area contributed by atoms with Crippen LogP contribution in [-0.2, 0) is 6.42 Å². The molecule has 30 heavy (non-hydrogen) atoms. The fourth-order valence-corrected chi connectivity index (χ4v) is 3.64. The van der Waals surface area contributed by atoms with Crippen LogP contribution >= 0.6 is 0 Å². The number of hydrogen-bond donors (Lipinski definition) is 2. The van der Waals surface area contributed by atoms with Crippen molar-refractivity contribution in [2.75, 3.05) is 0 Å². The molecule has 5 nitrogen and oxygen atoms in total. The van der Waals surface area contributed by atoms with Gasteiger partial charge >= 0.3 is 5.63 Å². The van der Waals surface area contributed by atoms with Crippen molar-refractivity contribution < 1.29 is 19.0 Å². The number of aromatic hydroxyl groups is 2. The number of hydrogen-bond acceptors (Lipinski definition) is 5. The second kappa shape index (κ2) is 7.75. The maximum atomic E-state index is 12.5. The first-order valence-electron chi connectivity index (χ1n) is 9.96. The average Bonchev–Trinajstić information content (AvgIpc) is 3.05. The molecule has 0 aliphatic carbocycles. The minimum Gasteiger partial charge on any atom is -0.508 e. The molecule has 0 unspecified atom stereocenters. The Labute approximate surface area is 173 Å². The minimum absolute atomic E-state index is 0.0577. The van der Waals surface area contributed by atoms with Crippen LogP contribution in [-0.4, -0.2) is 10.2 Å². The van der Waals surface area contributed by atoms with Crippen molar-refractivity contribution in [1.82, 2.24) is 0 Å². The van der Waals surface area contributed by atoms with Crippen LogP contribution in [0, 0.1) is 0 Å². The van der Waals surface area contributed by atoms with Gasteiger partial charge in [-0.15, -0.1) is 0 Å². The Kier molecular flexibility index (Phi) is 5.12. The molecule has 0 aliphatic rings. The molecule has 0 radical (unpaired) electrons. The van der Waals surface area contributed by atoms with Gasteiger partial charge in [-0.1, -0.05) is 23.3 Å². The number of rotatable bonds is 5. The summed E-state index contributed by atoms with van der Waals surface area (Å²) in [4.78, 5) is 12.5. The Morgan fingerprint density at radius 3 is 2.50 bits per heavy atom.